The first-order valence-electron chi connectivity index (χ1n) is 17.8. The molecule has 9 aromatic rings. The quantitative estimate of drug-likeness (QED) is 0.168. The molecule has 3 nitrogen and oxygen atoms in total. The Morgan fingerprint density at radius 1 is 0.577 bits per heavy atom. The molecule has 0 amide bonds. The van der Waals surface area contributed by atoms with Crippen LogP contribution in [0.25, 0.3) is 75.4 Å². The van der Waals surface area contributed by atoms with Gasteiger partial charge in [-0.3, -0.25) is 4.68 Å². The molecule has 0 bridgehead atoms. The van der Waals surface area contributed by atoms with E-state index in [2.05, 4.69) is 170 Å². The van der Waals surface area contributed by atoms with Crippen LogP contribution in [-0.2, 0) is 5.41 Å². The summed E-state index contributed by atoms with van der Waals surface area (Å²) >= 11 is 1.86. The molecule has 0 fully saturated rings. The molecule has 2 aromatic heterocycles. The average Bonchev–Trinajstić information content (AvgIpc) is 3.80. The van der Waals surface area contributed by atoms with E-state index in [1.807, 2.05) is 29.7 Å². The van der Waals surface area contributed by atoms with E-state index in [4.69, 9.17) is 5.41 Å². The van der Waals surface area contributed by atoms with E-state index in [1.165, 1.54) is 69.9 Å². The number of para-hydroxylation sites is 1. The minimum atomic E-state index is -0.0533. The van der Waals surface area contributed by atoms with Crippen molar-refractivity contribution < 1.29 is 0 Å². The number of nitrogens with zero attached hydrogens (tertiary/aromatic N) is 1. The van der Waals surface area contributed by atoms with E-state index in [9.17, 15) is 0 Å². The zero-order chi connectivity index (χ0) is 35.0. The highest BCUT2D eigenvalue weighted by Gasteiger charge is 2.35. The SMILES string of the molecule is CC1(C)c2ccccc2-c2ccc(-c3cccc(C(=N)/C=C\Nn4c5ccccc5c5cc(-c6cccc7c6sc6ccccc67)ccc54)c3)cc21. The van der Waals surface area contributed by atoms with Gasteiger partial charge in [-0.05, 0) is 87.0 Å². The maximum Gasteiger partial charge on any atom is 0.0710 e. The molecular formula is C48H35N3S. The fourth-order valence-corrected chi connectivity index (χ4v) is 9.53. The number of hydrogen-bond acceptors (Lipinski definition) is 3. The number of allylic oxidation sites excluding steroid dienone is 1. The molecule has 0 saturated carbocycles. The third-order valence-electron chi connectivity index (χ3n) is 10.9. The number of rotatable bonds is 6. The standard InChI is InChI=1S/C48H35N3S/c1-48(2)41-18-6-3-13-35(41)36-23-21-31(29-42(36)48)30-11-9-12-33(27-30)43(49)25-26-50-51-44-19-7-4-14-37(44)40-28-32(22-24-45(40)51)34-16-10-17-39-38-15-5-8-20-46(38)52-47(34)39/h3-29,49-50H,1-2H3/b26-25-,49-43?. The Balaban J connectivity index is 0.952. The Labute approximate surface area is 306 Å². The summed E-state index contributed by atoms with van der Waals surface area (Å²) in [6.45, 7) is 4.63. The summed E-state index contributed by atoms with van der Waals surface area (Å²) in [7, 11) is 0. The van der Waals surface area contributed by atoms with E-state index < -0.39 is 0 Å². The summed E-state index contributed by atoms with van der Waals surface area (Å²) in [6.07, 6.45) is 3.72. The van der Waals surface area contributed by atoms with Crippen molar-refractivity contribution >= 4 is 59.0 Å². The lowest BCUT2D eigenvalue weighted by atomic mass is 9.81. The average molecular weight is 686 g/mol. The van der Waals surface area contributed by atoms with Crippen molar-refractivity contribution in [2.45, 2.75) is 19.3 Å². The van der Waals surface area contributed by atoms with Crippen LogP contribution in [0, 0.1) is 5.41 Å². The van der Waals surface area contributed by atoms with E-state index in [0.29, 0.717) is 5.71 Å². The predicted octanol–water partition coefficient (Wildman–Crippen LogP) is 12.9. The van der Waals surface area contributed by atoms with Gasteiger partial charge >= 0.3 is 0 Å². The molecule has 0 unspecified atom stereocenters. The summed E-state index contributed by atoms with van der Waals surface area (Å²) in [5.74, 6) is 0. The van der Waals surface area contributed by atoms with Crippen molar-refractivity contribution in [2.75, 3.05) is 5.43 Å². The topological polar surface area (TPSA) is 40.8 Å². The third-order valence-corrected chi connectivity index (χ3v) is 12.2. The number of fused-ring (bicyclic) bond motifs is 9. The molecule has 2 N–H and O–H groups in total. The van der Waals surface area contributed by atoms with Gasteiger partial charge in [-0.25, -0.2) is 0 Å². The zero-order valence-electron chi connectivity index (χ0n) is 28.9. The maximum atomic E-state index is 9.01. The molecule has 248 valence electrons. The van der Waals surface area contributed by atoms with Gasteiger partial charge in [-0.2, -0.15) is 0 Å². The number of aromatic nitrogens is 1. The Hall–Kier alpha value is -6.23. The maximum absolute atomic E-state index is 9.01. The second-order valence-corrected chi connectivity index (χ2v) is 15.3. The highest BCUT2D eigenvalue weighted by atomic mass is 32.1. The first-order chi connectivity index (χ1) is 25.5. The lowest BCUT2D eigenvalue weighted by Gasteiger charge is -2.22. The minimum absolute atomic E-state index is 0.0533. The van der Waals surface area contributed by atoms with Crippen molar-refractivity contribution in [3.8, 4) is 33.4 Å². The molecule has 1 aliphatic rings. The summed E-state index contributed by atoms with van der Waals surface area (Å²) in [6, 6.07) is 54.5. The molecule has 0 atom stereocenters. The van der Waals surface area contributed by atoms with Gasteiger partial charge in [-0.15, -0.1) is 11.3 Å². The van der Waals surface area contributed by atoms with E-state index in [-0.39, 0.29) is 5.41 Å². The smallest absolute Gasteiger partial charge is 0.0710 e. The summed E-state index contributed by atoms with van der Waals surface area (Å²) in [5.41, 5.74) is 17.1. The first-order valence-corrected chi connectivity index (χ1v) is 18.6. The summed E-state index contributed by atoms with van der Waals surface area (Å²) < 4.78 is 4.76. The fraction of sp³-hybridized carbons (Fsp3) is 0.0625. The first kappa shape index (κ1) is 30.6. The van der Waals surface area contributed by atoms with Gasteiger partial charge < -0.3 is 10.8 Å². The molecule has 0 aliphatic heterocycles. The number of nitrogens with one attached hydrogen (secondary N) is 2. The van der Waals surface area contributed by atoms with Crippen LogP contribution >= 0.6 is 11.3 Å². The van der Waals surface area contributed by atoms with Gasteiger partial charge in [0.1, 0.15) is 0 Å². The molecular weight excluding hydrogens is 651 g/mol. The number of benzene rings is 7. The largest absolute Gasteiger partial charge is 0.301 e. The van der Waals surface area contributed by atoms with Crippen LogP contribution in [0.4, 0.5) is 0 Å². The lowest BCUT2D eigenvalue weighted by molar-refractivity contribution is 0.660. The van der Waals surface area contributed by atoms with Gasteiger partial charge in [0, 0.05) is 48.1 Å². The fourth-order valence-electron chi connectivity index (χ4n) is 8.30. The van der Waals surface area contributed by atoms with Crippen molar-refractivity contribution in [3.63, 3.8) is 0 Å². The van der Waals surface area contributed by atoms with Gasteiger partial charge in [0.05, 0.1) is 16.7 Å². The van der Waals surface area contributed by atoms with Crippen molar-refractivity contribution in [1.82, 2.24) is 4.68 Å². The Bertz CT molecular complexity index is 2940. The molecule has 2 heterocycles. The highest BCUT2D eigenvalue weighted by molar-refractivity contribution is 7.26. The third kappa shape index (κ3) is 4.68. The number of thiophene rings is 1. The molecule has 7 aromatic carbocycles. The zero-order valence-corrected chi connectivity index (χ0v) is 29.8. The Morgan fingerprint density at radius 2 is 1.27 bits per heavy atom. The van der Waals surface area contributed by atoms with Crippen LogP contribution in [0.3, 0.4) is 0 Å². The van der Waals surface area contributed by atoms with Crippen LogP contribution < -0.4 is 5.43 Å². The van der Waals surface area contributed by atoms with Gasteiger partial charge in [0.2, 0.25) is 0 Å². The van der Waals surface area contributed by atoms with Crippen LogP contribution in [0.15, 0.2) is 164 Å². The van der Waals surface area contributed by atoms with Gasteiger partial charge in [-0.1, -0.05) is 129 Å². The molecule has 0 saturated heterocycles. The Kier molecular flexibility index (Phi) is 6.86. The second-order valence-electron chi connectivity index (χ2n) is 14.3. The Morgan fingerprint density at radius 3 is 2.19 bits per heavy atom. The van der Waals surface area contributed by atoms with Crippen molar-refractivity contribution in [1.29, 1.82) is 5.41 Å². The van der Waals surface area contributed by atoms with Crippen molar-refractivity contribution in [2.24, 2.45) is 0 Å². The van der Waals surface area contributed by atoms with Crippen LogP contribution in [0.2, 0.25) is 0 Å². The monoisotopic (exact) mass is 685 g/mol. The highest BCUT2D eigenvalue weighted by Crippen LogP contribution is 2.49. The second kappa shape index (κ2) is 11.7. The number of hydrogen-bond donors (Lipinski definition) is 2. The van der Waals surface area contributed by atoms with E-state index in [0.717, 1.165) is 22.2 Å². The van der Waals surface area contributed by atoms with Crippen LogP contribution in [0.5, 0.6) is 0 Å². The van der Waals surface area contributed by atoms with Crippen molar-refractivity contribution in [3.05, 3.63) is 181 Å². The van der Waals surface area contributed by atoms with Crippen LogP contribution in [0.1, 0.15) is 30.5 Å². The van der Waals surface area contributed by atoms with Crippen LogP contribution in [-0.4, -0.2) is 10.4 Å². The molecule has 4 heteroatoms. The summed E-state index contributed by atoms with van der Waals surface area (Å²) in [5, 5.41) is 14.0. The molecule has 1 aliphatic carbocycles. The molecule has 52 heavy (non-hydrogen) atoms. The van der Waals surface area contributed by atoms with E-state index in [1.54, 1.807) is 0 Å². The molecule has 0 spiro atoms. The normalized spacial score (nSPS) is 13.3. The minimum Gasteiger partial charge on any atom is -0.301 e. The predicted molar refractivity (Wildman–Crippen MR) is 223 cm³/mol. The van der Waals surface area contributed by atoms with Gasteiger partial charge in [0.15, 0.2) is 0 Å². The lowest BCUT2D eigenvalue weighted by Crippen LogP contribution is -2.14. The van der Waals surface area contributed by atoms with Gasteiger partial charge in [0.25, 0.3) is 0 Å². The summed E-state index contributed by atoms with van der Waals surface area (Å²) in [4.78, 5) is 0. The van der Waals surface area contributed by atoms with E-state index >= 15 is 0 Å². The molecule has 0 radical (unpaired) electrons. The molecule has 10 rings (SSSR count).